The number of nitrogens with one attached hydrogen (secondary N) is 3. The maximum absolute atomic E-state index is 12.6. The SMILES string of the molecule is COc1cc2[nH]ncc2cc1C(=O)Nc1cnc2cccnn12.O=C1CCC(c2ccc(N3CCN(CCC4CCCCC4)CC3)cn2)C(=O)N1. The fourth-order valence-electron chi connectivity index (χ4n) is 7.25. The van der Waals surface area contributed by atoms with Gasteiger partial charge in [0.2, 0.25) is 11.8 Å². The number of hydrogen-bond donors (Lipinski definition) is 3. The summed E-state index contributed by atoms with van der Waals surface area (Å²) in [5, 5.41) is 17.0. The maximum atomic E-state index is 12.6. The van der Waals surface area contributed by atoms with Crippen LogP contribution in [0.3, 0.4) is 0 Å². The van der Waals surface area contributed by atoms with E-state index in [9.17, 15) is 14.4 Å². The third-order valence-electron chi connectivity index (χ3n) is 10.2. The first kappa shape index (κ1) is 34.1. The predicted octanol–water partition coefficient (Wildman–Crippen LogP) is 4.56. The van der Waals surface area contributed by atoms with Crippen molar-refractivity contribution in [2.45, 2.75) is 57.3 Å². The highest BCUT2D eigenvalue weighted by molar-refractivity contribution is 6.08. The van der Waals surface area contributed by atoms with E-state index >= 15 is 0 Å². The fourth-order valence-corrected chi connectivity index (χ4v) is 7.25. The summed E-state index contributed by atoms with van der Waals surface area (Å²) >= 11 is 0. The second kappa shape index (κ2) is 15.7. The molecule has 1 aromatic carbocycles. The molecule has 3 aliphatic rings. The predicted molar refractivity (Wildman–Crippen MR) is 193 cm³/mol. The van der Waals surface area contributed by atoms with Crippen LogP contribution >= 0.6 is 0 Å². The van der Waals surface area contributed by atoms with Crippen molar-refractivity contribution in [2.75, 3.05) is 50.1 Å². The van der Waals surface area contributed by atoms with Crippen molar-refractivity contribution in [3.63, 3.8) is 0 Å². The Hall–Kier alpha value is -5.37. The summed E-state index contributed by atoms with van der Waals surface area (Å²) in [5.41, 5.74) is 3.75. The Morgan fingerprint density at radius 3 is 2.59 bits per heavy atom. The van der Waals surface area contributed by atoms with Crippen molar-refractivity contribution in [1.82, 2.24) is 40.0 Å². The van der Waals surface area contributed by atoms with E-state index in [4.69, 9.17) is 4.74 Å². The van der Waals surface area contributed by atoms with Crippen LogP contribution in [0.15, 0.2) is 61.2 Å². The Morgan fingerprint density at radius 2 is 1.82 bits per heavy atom. The number of piperazine rings is 1. The van der Waals surface area contributed by atoms with Gasteiger partial charge in [0.15, 0.2) is 11.5 Å². The highest BCUT2D eigenvalue weighted by Gasteiger charge is 2.29. The van der Waals surface area contributed by atoms with E-state index in [0.717, 1.165) is 54.4 Å². The molecule has 14 nitrogen and oxygen atoms in total. The van der Waals surface area contributed by atoms with E-state index in [-0.39, 0.29) is 23.6 Å². The van der Waals surface area contributed by atoms with Crippen LogP contribution in [0.2, 0.25) is 0 Å². The van der Waals surface area contributed by atoms with E-state index in [1.807, 2.05) is 12.3 Å². The molecule has 4 aromatic heterocycles. The zero-order valence-corrected chi connectivity index (χ0v) is 28.9. The number of piperidine rings is 1. The smallest absolute Gasteiger partial charge is 0.260 e. The molecule has 5 aromatic rings. The van der Waals surface area contributed by atoms with Gasteiger partial charge in [-0.1, -0.05) is 32.1 Å². The summed E-state index contributed by atoms with van der Waals surface area (Å²) < 4.78 is 6.86. The van der Waals surface area contributed by atoms with Crippen LogP contribution in [-0.4, -0.2) is 92.2 Å². The lowest BCUT2D eigenvalue weighted by Crippen LogP contribution is -2.47. The number of amides is 3. The van der Waals surface area contributed by atoms with Crippen LogP contribution in [0.25, 0.3) is 16.6 Å². The number of rotatable bonds is 8. The molecule has 6 heterocycles. The number of carbonyl (C=O) groups excluding carboxylic acids is 3. The molecule has 1 saturated carbocycles. The normalized spacial score (nSPS) is 18.7. The van der Waals surface area contributed by atoms with E-state index < -0.39 is 0 Å². The number of nitrogens with zero attached hydrogens (tertiary/aromatic N) is 7. The number of aromatic nitrogens is 6. The van der Waals surface area contributed by atoms with Gasteiger partial charge < -0.3 is 15.0 Å². The van der Waals surface area contributed by atoms with Crippen molar-refractivity contribution in [2.24, 2.45) is 5.92 Å². The van der Waals surface area contributed by atoms with Crippen LogP contribution in [0.5, 0.6) is 5.75 Å². The highest BCUT2D eigenvalue weighted by Crippen LogP contribution is 2.28. The molecule has 8 rings (SSSR count). The number of aromatic amines is 1. The Labute approximate surface area is 296 Å². The second-order valence-electron chi connectivity index (χ2n) is 13.5. The summed E-state index contributed by atoms with van der Waals surface area (Å²) in [7, 11) is 1.52. The van der Waals surface area contributed by atoms with Gasteiger partial charge in [-0.15, -0.1) is 0 Å². The molecule has 3 N–H and O–H groups in total. The minimum Gasteiger partial charge on any atom is -0.496 e. The van der Waals surface area contributed by atoms with Gasteiger partial charge in [0, 0.05) is 50.2 Å². The highest BCUT2D eigenvalue weighted by atomic mass is 16.5. The van der Waals surface area contributed by atoms with Crippen LogP contribution in [-0.2, 0) is 9.59 Å². The van der Waals surface area contributed by atoms with Gasteiger partial charge in [0.1, 0.15) is 5.75 Å². The lowest BCUT2D eigenvalue weighted by Gasteiger charge is -2.37. The number of fused-ring (bicyclic) bond motifs is 2. The minimum absolute atomic E-state index is 0.181. The fraction of sp³-hybridized carbons (Fsp3) is 0.432. The molecule has 266 valence electrons. The number of hydrogen-bond acceptors (Lipinski definition) is 10. The number of imidazole rings is 1. The topological polar surface area (TPSA) is 163 Å². The summed E-state index contributed by atoms with van der Waals surface area (Å²) in [4.78, 5) is 49.7. The van der Waals surface area contributed by atoms with Crippen molar-refractivity contribution < 1.29 is 19.1 Å². The zero-order chi connectivity index (χ0) is 35.2. The van der Waals surface area contributed by atoms with Gasteiger partial charge in [-0.2, -0.15) is 14.7 Å². The van der Waals surface area contributed by atoms with Crippen LogP contribution in [0, 0.1) is 5.92 Å². The average molecular weight is 693 g/mol. The molecule has 3 amide bonds. The second-order valence-corrected chi connectivity index (χ2v) is 13.5. The van der Waals surface area contributed by atoms with Crippen LogP contribution in [0.4, 0.5) is 11.5 Å². The molecule has 51 heavy (non-hydrogen) atoms. The van der Waals surface area contributed by atoms with Crippen LogP contribution < -0.4 is 20.3 Å². The number of methoxy groups -OCH3 is 1. The number of imide groups is 1. The summed E-state index contributed by atoms with van der Waals surface area (Å²) in [6, 6.07) is 11.1. The van der Waals surface area contributed by atoms with Crippen molar-refractivity contribution in [3.05, 3.63) is 72.4 Å². The van der Waals surface area contributed by atoms with Crippen molar-refractivity contribution in [3.8, 4) is 5.75 Å². The number of pyridine rings is 1. The molecule has 0 radical (unpaired) electrons. The maximum Gasteiger partial charge on any atom is 0.260 e. The third kappa shape index (κ3) is 8.01. The van der Waals surface area contributed by atoms with E-state index in [1.165, 1.54) is 52.2 Å². The quantitative estimate of drug-likeness (QED) is 0.197. The molecule has 3 fully saturated rings. The minimum atomic E-state index is -0.308. The first-order chi connectivity index (χ1) is 24.9. The molecule has 0 spiro atoms. The number of H-pyrrole nitrogens is 1. The van der Waals surface area contributed by atoms with Gasteiger partial charge >= 0.3 is 0 Å². The average Bonchev–Trinajstić information content (AvgIpc) is 3.81. The number of anilines is 2. The standard InChI is InChI=1S/C22H32N4O2.C15H12N6O2/c27-21-9-7-19(22(28)24-21)20-8-6-18(16-23-20)26-14-12-25(13-15-26)11-10-17-4-2-1-3-5-17;1-23-12-6-11-9(7-17-20-11)5-10(12)15(22)19-14-8-16-13-3-2-4-18-21(13)14/h6,8,16-17,19H,1-5,7,9-15H2,(H,24,27,28);2-8H,1H3,(H,17,20)(H,19,22). The Kier molecular flexibility index (Phi) is 10.5. The zero-order valence-electron chi connectivity index (χ0n) is 28.9. The van der Waals surface area contributed by atoms with E-state index in [0.29, 0.717) is 35.6 Å². The van der Waals surface area contributed by atoms with Gasteiger partial charge in [-0.05, 0) is 55.6 Å². The third-order valence-corrected chi connectivity index (χ3v) is 10.2. The molecular formula is C37H44N10O4. The lowest BCUT2D eigenvalue weighted by molar-refractivity contribution is -0.134. The Morgan fingerprint density at radius 1 is 0.980 bits per heavy atom. The van der Waals surface area contributed by atoms with Crippen molar-refractivity contribution in [1.29, 1.82) is 0 Å². The monoisotopic (exact) mass is 692 g/mol. The molecule has 2 aliphatic heterocycles. The lowest BCUT2D eigenvalue weighted by atomic mass is 9.87. The molecule has 1 atom stereocenters. The van der Waals surface area contributed by atoms with Gasteiger partial charge in [0.05, 0.1) is 54.1 Å². The first-order valence-corrected chi connectivity index (χ1v) is 17.8. The Bertz CT molecular complexity index is 1980. The molecule has 2 saturated heterocycles. The molecule has 1 aliphatic carbocycles. The number of benzene rings is 1. The molecule has 14 heteroatoms. The van der Waals surface area contributed by atoms with E-state index in [1.54, 1.807) is 47.4 Å². The first-order valence-electron chi connectivity index (χ1n) is 17.8. The summed E-state index contributed by atoms with van der Waals surface area (Å²) in [6.07, 6.45) is 16.2. The summed E-state index contributed by atoms with van der Waals surface area (Å²) in [5.74, 6) is 0.889. The van der Waals surface area contributed by atoms with Gasteiger partial charge in [0.25, 0.3) is 5.91 Å². The number of ether oxygens (including phenoxy) is 1. The van der Waals surface area contributed by atoms with Crippen molar-refractivity contribution >= 4 is 45.8 Å². The molecule has 1 unspecified atom stereocenters. The summed E-state index contributed by atoms with van der Waals surface area (Å²) in [6.45, 7) is 5.53. The Balaban J connectivity index is 0.000000162. The largest absolute Gasteiger partial charge is 0.496 e. The number of carbonyl (C=O) groups is 3. The van der Waals surface area contributed by atoms with Gasteiger partial charge in [-0.25, -0.2) is 4.98 Å². The van der Waals surface area contributed by atoms with E-state index in [2.05, 4.69) is 51.8 Å². The van der Waals surface area contributed by atoms with Crippen LogP contribution in [0.1, 0.15) is 73.3 Å². The molecule has 0 bridgehead atoms. The molecular weight excluding hydrogens is 648 g/mol. The van der Waals surface area contributed by atoms with Gasteiger partial charge in [-0.3, -0.25) is 34.7 Å².